The predicted molar refractivity (Wildman–Crippen MR) is 72.6 cm³/mol. The molecule has 1 aromatic heterocycles. The molecule has 1 N–H and O–H groups in total. The SMILES string of the molecule is Cc1c(CNC(C)(C)C)oc2ccc(Cl)cc12. The highest BCUT2D eigenvalue weighted by Gasteiger charge is 2.14. The Morgan fingerprint density at radius 3 is 2.65 bits per heavy atom. The summed E-state index contributed by atoms with van der Waals surface area (Å²) in [6.45, 7) is 9.23. The van der Waals surface area contributed by atoms with Gasteiger partial charge in [0.25, 0.3) is 0 Å². The first kappa shape index (κ1) is 12.5. The van der Waals surface area contributed by atoms with Gasteiger partial charge in [0.2, 0.25) is 0 Å². The third kappa shape index (κ3) is 2.82. The van der Waals surface area contributed by atoms with E-state index in [1.165, 1.54) is 5.56 Å². The number of nitrogens with one attached hydrogen (secondary N) is 1. The van der Waals surface area contributed by atoms with Gasteiger partial charge >= 0.3 is 0 Å². The first-order chi connectivity index (χ1) is 7.87. The lowest BCUT2D eigenvalue weighted by atomic mass is 10.1. The van der Waals surface area contributed by atoms with Crippen molar-refractivity contribution in [2.24, 2.45) is 0 Å². The zero-order valence-electron chi connectivity index (χ0n) is 10.7. The molecule has 0 fully saturated rings. The summed E-state index contributed by atoms with van der Waals surface area (Å²) < 4.78 is 5.83. The van der Waals surface area contributed by atoms with E-state index in [1.807, 2.05) is 18.2 Å². The fourth-order valence-corrected chi connectivity index (χ4v) is 1.93. The van der Waals surface area contributed by atoms with Crippen molar-refractivity contribution in [3.63, 3.8) is 0 Å². The van der Waals surface area contributed by atoms with Crippen molar-refractivity contribution >= 4 is 22.6 Å². The van der Waals surface area contributed by atoms with Crippen LogP contribution in [0.5, 0.6) is 0 Å². The van der Waals surface area contributed by atoms with Crippen LogP contribution >= 0.6 is 11.6 Å². The van der Waals surface area contributed by atoms with Crippen LogP contribution in [0.25, 0.3) is 11.0 Å². The molecule has 17 heavy (non-hydrogen) atoms. The quantitative estimate of drug-likeness (QED) is 0.862. The van der Waals surface area contributed by atoms with E-state index in [0.29, 0.717) is 0 Å². The lowest BCUT2D eigenvalue weighted by Gasteiger charge is -2.19. The van der Waals surface area contributed by atoms with Gasteiger partial charge in [-0.05, 0) is 51.5 Å². The highest BCUT2D eigenvalue weighted by Crippen LogP contribution is 2.28. The second-order valence-electron chi connectivity index (χ2n) is 5.39. The largest absolute Gasteiger partial charge is 0.459 e. The smallest absolute Gasteiger partial charge is 0.134 e. The van der Waals surface area contributed by atoms with E-state index in [4.69, 9.17) is 16.0 Å². The van der Waals surface area contributed by atoms with Gasteiger partial charge < -0.3 is 9.73 Å². The summed E-state index contributed by atoms with van der Waals surface area (Å²) in [4.78, 5) is 0. The van der Waals surface area contributed by atoms with Crippen LogP contribution in [0, 0.1) is 6.92 Å². The first-order valence-corrected chi connectivity index (χ1v) is 6.17. The predicted octanol–water partition coefficient (Wildman–Crippen LogP) is 4.28. The second-order valence-corrected chi connectivity index (χ2v) is 5.83. The van der Waals surface area contributed by atoms with E-state index in [2.05, 4.69) is 33.0 Å². The summed E-state index contributed by atoms with van der Waals surface area (Å²) in [6.07, 6.45) is 0. The molecule has 0 spiro atoms. The van der Waals surface area contributed by atoms with Crippen LogP contribution in [0.1, 0.15) is 32.1 Å². The Morgan fingerprint density at radius 1 is 1.29 bits per heavy atom. The Balaban J connectivity index is 2.33. The molecule has 0 radical (unpaired) electrons. The monoisotopic (exact) mass is 251 g/mol. The summed E-state index contributed by atoms with van der Waals surface area (Å²) in [5.74, 6) is 0.984. The molecule has 2 aromatic rings. The number of hydrogen-bond acceptors (Lipinski definition) is 2. The highest BCUT2D eigenvalue weighted by atomic mass is 35.5. The van der Waals surface area contributed by atoms with E-state index in [1.54, 1.807) is 0 Å². The van der Waals surface area contributed by atoms with Crippen LogP contribution in [0.4, 0.5) is 0 Å². The molecule has 1 aromatic carbocycles. The molecule has 3 heteroatoms. The zero-order valence-corrected chi connectivity index (χ0v) is 11.5. The van der Waals surface area contributed by atoms with Gasteiger partial charge in [0, 0.05) is 15.9 Å². The van der Waals surface area contributed by atoms with Gasteiger partial charge in [0.15, 0.2) is 0 Å². The van der Waals surface area contributed by atoms with Gasteiger partial charge in [-0.3, -0.25) is 0 Å². The van der Waals surface area contributed by atoms with Gasteiger partial charge in [-0.2, -0.15) is 0 Å². The van der Waals surface area contributed by atoms with Crippen LogP contribution in [0.3, 0.4) is 0 Å². The van der Waals surface area contributed by atoms with Crippen molar-refractivity contribution in [2.45, 2.75) is 39.8 Å². The molecule has 0 amide bonds. The van der Waals surface area contributed by atoms with Gasteiger partial charge in [-0.15, -0.1) is 0 Å². The fourth-order valence-electron chi connectivity index (χ4n) is 1.76. The molecule has 0 atom stereocenters. The summed E-state index contributed by atoms with van der Waals surface area (Å²) >= 11 is 5.99. The standard InChI is InChI=1S/C14H18ClNO/c1-9-11-7-10(15)5-6-12(11)17-13(9)8-16-14(2,3)4/h5-7,16H,8H2,1-4H3. The average Bonchev–Trinajstić information content (AvgIpc) is 2.52. The normalized spacial score (nSPS) is 12.3. The van der Waals surface area contributed by atoms with E-state index < -0.39 is 0 Å². The molecule has 0 aliphatic rings. The first-order valence-electron chi connectivity index (χ1n) is 5.79. The number of benzene rings is 1. The molecular formula is C14H18ClNO. The van der Waals surface area contributed by atoms with E-state index in [0.717, 1.165) is 28.3 Å². The molecule has 0 saturated carbocycles. The molecule has 0 bridgehead atoms. The minimum atomic E-state index is 0.0864. The molecule has 2 nitrogen and oxygen atoms in total. The Kier molecular flexibility index (Phi) is 3.19. The van der Waals surface area contributed by atoms with E-state index in [9.17, 15) is 0 Å². The van der Waals surface area contributed by atoms with Gasteiger partial charge in [-0.1, -0.05) is 11.6 Å². The van der Waals surface area contributed by atoms with Crippen LogP contribution in [-0.2, 0) is 6.54 Å². The van der Waals surface area contributed by atoms with Gasteiger partial charge in [-0.25, -0.2) is 0 Å². The average molecular weight is 252 g/mol. The minimum Gasteiger partial charge on any atom is -0.459 e. The molecule has 0 unspecified atom stereocenters. The van der Waals surface area contributed by atoms with Crippen molar-refractivity contribution in [1.82, 2.24) is 5.32 Å². The third-order valence-corrected chi connectivity index (χ3v) is 3.01. The van der Waals surface area contributed by atoms with Crippen LogP contribution in [0.15, 0.2) is 22.6 Å². The van der Waals surface area contributed by atoms with Gasteiger partial charge in [0.1, 0.15) is 11.3 Å². The summed E-state index contributed by atoms with van der Waals surface area (Å²) in [6, 6.07) is 5.73. The second kappa shape index (κ2) is 4.35. The Labute approximate surface area is 107 Å². The van der Waals surface area contributed by atoms with Crippen molar-refractivity contribution in [1.29, 1.82) is 0 Å². The van der Waals surface area contributed by atoms with Crippen LogP contribution in [0.2, 0.25) is 5.02 Å². The topological polar surface area (TPSA) is 25.2 Å². The zero-order chi connectivity index (χ0) is 12.6. The summed E-state index contributed by atoms with van der Waals surface area (Å²) in [5, 5.41) is 5.27. The molecule has 0 saturated heterocycles. The number of halogens is 1. The number of aryl methyl sites for hydroxylation is 1. The van der Waals surface area contributed by atoms with Crippen molar-refractivity contribution in [2.75, 3.05) is 0 Å². The van der Waals surface area contributed by atoms with E-state index in [-0.39, 0.29) is 5.54 Å². The molecule has 0 aliphatic carbocycles. The highest BCUT2D eigenvalue weighted by molar-refractivity contribution is 6.31. The summed E-state index contributed by atoms with van der Waals surface area (Å²) in [5.41, 5.74) is 2.15. The van der Waals surface area contributed by atoms with Crippen molar-refractivity contribution in [3.8, 4) is 0 Å². The fraction of sp³-hybridized carbons (Fsp3) is 0.429. The third-order valence-electron chi connectivity index (χ3n) is 2.78. The molecule has 1 heterocycles. The van der Waals surface area contributed by atoms with E-state index >= 15 is 0 Å². The number of fused-ring (bicyclic) bond motifs is 1. The van der Waals surface area contributed by atoms with Crippen molar-refractivity contribution in [3.05, 3.63) is 34.5 Å². The molecular weight excluding hydrogens is 234 g/mol. The number of rotatable bonds is 2. The molecule has 92 valence electrons. The Bertz CT molecular complexity index is 537. The molecule has 0 aliphatic heterocycles. The van der Waals surface area contributed by atoms with Crippen LogP contribution in [-0.4, -0.2) is 5.54 Å². The maximum atomic E-state index is 5.99. The van der Waals surface area contributed by atoms with Gasteiger partial charge in [0.05, 0.1) is 6.54 Å². The lowest BCUT2D eigenvalue weighted by Crippen LogP contribution is -2.35. The van der Waals surface area contributed by atoms with Crippen molar-refractivity contribution < 1.29 is 4.42 Å². The number of hydrogen-bond donors (Lipinski definition) is 1. The maximum Gasteiger partial charge on any atom is 0.134 e. The number of furan rings is 1. The minimum absolute atomic E-state index is 0.0864. The lowest BCUT2D eigenvalue weighted by molar-refractivity contribution is 0.394. The maximum absolute atomic E-state index is 5.99. The van der Waals surface area contributed by atoms with Crippen LogP contribution < -0.4 is 5.32 Å². The summed E-state index contributed by atoms with van der Waals surface area (Å²) in [7, 11) is 0. The Hall–Kier alpha value is -0.990. The Morgan fingerprint density at radius 2 is 2.00 bits per heavy atom. The molecule has 2 rings (SSSR count).